The van der Waals surface area contributed by atoms with E-state index >= 15 is 0 Å². The molecule has 0 aliphatic carbocycles. The predicted molar refractivity (Wildman–Crippen MR) is 88.0 cm³/mol. The van der Waals surface area contributed by atoms with Crippen LogP contribution in [0.15, 0.2) is 40.2 Å². The Labute approximate surface area is 136 Å². The van der Waals surface area contributed by atoms with Gasteiger partial charge >= 0.3 is 6.03 Å². The lowest BCUT2D eigenvalue weighted by molar-refractivity contribution is 0.262. The minimum absolute atomic E-state index is 0.356. The van der Waals surface area contributed by atoms with Crippen LogP contribution in [0, 0.1) is 6.92 Å². The molecule has 118 valence electrons. The van der Waals surface area contributed by atoms with E-state index in [4.69, 9.17) is 9.26 Å². The number of carbonyl (C=O) groups is 1. The lowest BCUT2D eigenvalue weighted by Crippen LogP contribution is -2.19. The Morgan fingerprint density at radius 3 is 2.65 bits per heavy atom. The molecule has 0 spiro atoms. The summed E-state index contributed by atoms with van der Waals surface area (Å²) in [7, 11) is 1.59. The van der Waals surface area contributed by atoms with Gasteiger partial charge in [0.15, 0.2) is 5.82 Å². The first-order valence-corrected chi connectivity index (χ1v) is 7.64. The van der Waals surface area contributed by atoms with Crippen molar-refractivity contribution in [2.75, 3.05) is 17.7 Å². The van der Waals surface area contributed by atoms with E-state index < -0.39 is 0 Å². The number of carbonyl (C=O) groups excluding carboxylic acids is 1. The Hall–Kier alpha value is -2.87. The Balaban J connectivity index is 1.69. The van der Waals surface area contributed by atoms with E-state index in [2.05, 4.69) is 20.8 Å². The number of hydrogen-bond acceptors (Lipinski definition) is 6. The first-order chi connectivity index (χ1) is 11.2. The van der Waals surface area contributed by atoms with E-state index in [1.165, 1.54) is 11.3 Å². The van der Waals surface area contributed by atoms with E-state index in [9.17, 15) is 4.79 Å². The van der Waals surface area contributed by atoms with Gasteiger partial charge in [0, 0.05) is 5.69 Å². The molecule has 0 saturated carbocycles. The number of ether oxygens (including phenoxy) is 1. The highest BCUT2D eigenvalue weighted by Gasteiger charge is 2.15. The van der Waals surface area contributed by atoms with Crippen LogP contribution in [0.5, 0.6) is 5.75 Å². The monoisotopic (exact) mass is 330 g/mol. The molecule has 23 heavy (non-hydrogen) atoms. The Morgan fingerprint density at radius 2 is 2.00 bits per heavy atom. The molecule has 0 fully saturated rings. The van der Waals surface area contributed by atoms with Crippen LogP contribution in [-0.2, 0) is 0 Å². The summed E-state index contributed by atoms with van der Waals surface area (Å²) < 4.78 is 10.2. The molecule has 2 N–H and O–H groups in total. The Bertz CT molecular complexity index is 810. The van der Waals surface area contributed by atoms with Crippen molar-refractivity contribution in [3.8, 4) is 16.5 Å². The van der Waals surface area contributed by atoms with Crippen molar-refractivity contribution in [1.82, 2.24) is 10.1 Å². The van der Waals surface area contributed by atoms with Crippen LogP contribution in [0.25, 0.3) is 10.8 Å². The maximum atomic E-state index is 12.1. The Morgan fingerprint density at radius 1 is 1.22 bits per heavy atom. The molecule has 2 aromatic heterocycles. The average Bonchev–Trinajstić information content (AvgIpc) is 3.16. The highest BCUT2D eigenvalue weighted by Crippen LogP contribution is 2.32. The van der Waals surface area contributed by atoms with Crippen LogP contribution >= 0.6 is 11.3 Å². The molecule has 3 rings (SSSR count). The number of nitrogens with zero attached hydrogens (tertiary/aromatic N) is 2. The minimum atomic E-state index is -0.356. The van der Waals surface area contributed by atoms with Crippen LogP contribution in [0.3, 0.4) is 0 Å². The minimum Gasteiger partial charge on any atom is -0.497 e. The maximum Gasteiger partial charge on any atom is 0.323 e. The number of methoxy groups -OCH3 is 1. The van der Waals surface area contributed by atoms with Crippen molar-refractivity contribution in [2.24, 2.45) is 0 Å². The van der Waals surface area contributed by atoms with Gasteiger partial charge in [0.25, 0.3) is 5.89 Å². The molecule has 2 amide bonds. The number of urea groups is 1. The number of anilines is 2. The summed E-state index contributed by atoms with van der Waals surface area (Å²) in [6.07, 6.45) is 0. The summed E-state index contributed by atoms with van der Waals surface area (Å²) >= 11 is 1.41. The molecule has 8 heteroatoms. The number of aromatic nitrogens is 2. The number of hydrogen-bond donors (Lipinski definition) is 2. The summed E-state index contributed by atoms with van der Waals surface area (Å²) in [5.41, 5.74) is 1.28. The number of aryl methyl sites for hydroxylation is 1. The molecular weight excluding hydrogens is 316 g/mol. The van der Waals surface area contributed by atoms with Gasteiger partial charge in [-0.25, -0.2) is 4.79 Å². The molecule has 3 aromatic rings. The van der Waals surface area contributed by atoms with Crippen LogP contribution in [0.1, 0.15) is 5.82 Å². The fourth-order valence-electron chi connectivity index (χ4n) is 1.92. The second-order valence-electron chi connectivity index (χ2n) is 4.62. The number of benzene rings is 1. The normalized spacial score (nSPS) is 10.3. The van der Waals surface area contributed by atoms with E-state index in [1.54, 1.807) is 44.4 Å². The first-order valence-electron chi connectivity index (χ1n) is 6.76. The van der Waals surface area contributed by atoms with Crippen LogP contribution < -0.4 is 15.4 Å². The zero-order valence-electron chi connectivity index (χ0n) is 12.5. The van der Waals surface area contributed by atoms with Gasteiger partial charge in [0.05, 0.1) is 12.8 Å². The molecule has 1 aromatic carbocycles. The molecule has 0 saturated heterocycles. The van der Waals surface area contributed by atoms with Gasteiger partial charge in [-0.1, -0.05) is 5.16 Å². The molecule has 0 aliphatic heterocycles. The first kappa shape index (κ1) is 15.0. The highest BCUT2D eigenvalue weighted by molar-refractivity contribution is 7.14. The Kier molecular flexibility index (Phi) is 4.24. The zero-order chi connectivity index (χ0) is 16.2. The van der Waals surface area contributed by atoms with Crippen LogP contribution in [0.4, 0.5) is 16.2 Å². The van der Waals surface area contributed by atoms with Gasteiger partial charge < -0.3 is 19.9 Å². The van der Waals surface area contributed by atoms with Crippen LogP contribution in [0.2, 0.25) is 0 Å². The van der Waals surface area contributed by atoms with Crippen LogP contribution in [-0.4, -0.2) is 23.3 Å². The van der Waals surface area contributed by atoms with Crippen molar-refractivity contribution >= 4 is 28.7 Å². The third kappa shape index (κ3) is 3.49. The van der Waals surface area contributed by atoms with Crippen molar-refractivity contribution in [3.05, 3.63) is 41.5 Å². The van der Waals surface area contributed by atoms with Gasteiger partial charge in [-0.15, -0.1) is 11.3 Å². The van der Waals surface area contributed by atoms with Gasteiger partial charge in [-0.05, 0) is 42.6 Å². The molecule has 0 radical (unpaired) electrons. The topological polar surface area (TPSA) is 89.3 Å². The molecule has 7 nitrogen and oxygen atoms in total. The lowest BCUT2D eigenvalue weighted by Gasteiger charge is -2.08. The fourth-order valence-corrected chi connectivity index (χ4v) is 2.69. The summed E-state index contributed by atoms with van der Waals surface area (Å²) in [5, 5.41) is 11.1. The number of nitrogens with one attached hydrogen (secondary N) is 2. The fraction of sp³-hybridized carbons (Fsp3) is 0.133. The number of thiophene rings is 1. The second kappa shape index (κ2) is 6.49. The quantitative estimate of drug-likeness (QED) is 0.760. The summed E-state index contributed by atoms with van der Waals surface area (Å²) in [6, 6.07) is 8.49. The highest BCUT2D eigenvalue weighted by atomic mass is 32.1. The van der Waals surface area contributed by atoms with Gasteiger partial charge in [0.2, 0.25) is 0 Å². The van der Waals surface area contributed by atoms with E-state index in [1.807, 2.05) is 5.38 Å². The van der Waals surface area contributed by atoms with E-state index in [0.717, 1.165) is 10.6 Å². The average molecular weight is 330 g/mol. The number of rotatable bonds is 4. The van der Waals surface area contributed by atoms with E-state index in [0.29, 0.717) is 23.1 Å². The van der Waals surface area contributed by atoms with Gasteiger partial charge in [-0.2, -0.15) is 4.98 Å². The smallest absolute Gasteiger partial charge is 0.323 e. The molecule has 0 unspecified atom stereocenters. The van der Waals surface area contributed by atoms with Crippen molar-refractivity contribution in [3.63, 3.8) is 0 Å². The third-order valence-electron chi connectivity index (χ3n) is 2.98. The van der Waals surface area contributed by atoms with E-state index in [-0.39, 0.29) is 6.03 Å². The number of amides is 2. The zero-order valence-corrected chi connectivity index (χ0v) is 13.3. The predicted octanol–water partition coefficient (Wildman–Crippen LogP) is 3.76. The largest absolute Gasteiger partial charge is 0.497 e. The molecule has 0 bridgehead atoms. The molecule has 2 heterocycles. The summed E-state index contributed by atoms with van der Waals surface area (Å²) in [5.74, 6) is 1.65. The second-order valence-corrected chi connectivity index (χ2v) is 5.53. The SMILES string of the molecule is COc1ccc(NC(=O)Nc2ccsc2-c2nc(C)no2)cc1. The standard InChI is InChI=1S/C15H14N4O3S/c1-9-16-14(22-19-9)13-12(7-8-23-13)18-15(20)17-10-3-5-11(21-2)6-4-10/h3-8H,1-2H3,(H2,17,18,20). The molecular formula is C15H14N4O3S. The van der Waals surface area contributed by atoms with Crippen molar-refractivity contribution in [1.29, 1.82) is 0 Å². The third-order valence-corrected chi connectivity index (χ3v) is 3.89. The summed E-state index contributed by atoms with van der Waals surface area (Å²) in [6.45, 7) is 1.74. The van der Waals surface area contributed by atoms with Gasteiger partial charge in [0.1, 0.15) is 10.6 Å². The van der Waals surface area contributed by atoms with Crippen molar-refractivity contribution < 1.29 is 14.1 Å². The molecule has 0 atom stereocenters. The van der Waals surface area contributed by atoms with Gasteiger partial charge in [-0.3, -0.25) is 0 Å². The maximum absolute atomic E-state index is 12.1. The molecule has 0 aliphatic rings. The van der Waals surface area contributed by atoms with Crippen molar-refractivity contribution in [2.45, 2.75) is 6.92 Å². The summed E-state index contributed by atoms with van der Waals surface area (Å²) in [4.78, 5) is 17.0. The lowest BCUT2D eigenvalue weighted by atomic mass is 10.3.